The van der Waals surface area contributed by atoms with Gasteiger partial charge >= 0.3 is 0 Å². The topological polar surface area (TPSA) is 18.5 Å². The first-order chi connectivity index (χ1) is 7.72. The van der Waals surface area contributed by atoms with Gasteiger partial charge in [-0.2, -0.15) is 0 Å². The highest BCUT2D eigenvalue weighted by Crippen LogP contribution is 2.46. The zero-order chi connectivity index (χ0) is 11.1. The van der Waals surface area contributed by atoms with Crippen LogP contribution in [0.15, 0.2) is 40.9 Å². The van der Waals surface area contributed by atoms with Crippen LogP contribution < -0.4 is 9.47 Å². The van der Waals surface area contributed by atoms with E-state index in [1.54, 1.807) is 18.2 Å². The number of ether oxygens (including phenoxy) is 2. The molecule has 0 atom stereocenters. The summed E-state index contributed by atoms with van der Waals surface area (Å²) in [5.41, 5.74) is 0. The third-order valence-electron chi connectivity index (χ3n) is 2.25. The highest BCUT2D eigenvalue weighted by molar-refractivity contribution is 9.10. The lowest BCUT2D eigenvalue weighted by Gasteiger charge is -2.20. The van der Waals surface area contributed by atoms with E-state index in [0.29, 0.717) is 28.0 Å². The van der Waals surface area contributed by atoms with E-state index in [4.69, 9.17) is 21.1 Å². The van der Waals surface area contributed by atoms with Gasteiger partial charge < -0.3 is 9.47 Å². The van der Waals surface area contributed by atoms with Gasteiger partial charge in [-0.3, -0.25) is 0 Å². The quantitative estimate of drug-likeness (QED) is 0.581. The highest BCUT2D eigenvalue weighted by atomic mass is 79.9. The normalized spacial score (nSPS) is 12.1. The maximum Gasteiger partial charge on any atom is 0.171 e. The van der Waals surface area contributed by atoms with Crippen molar-refractivity contribution >= 4 is 27.5 Å². The summed E-state index contributed by atoms with van der Waals surface area (Å²) in [5, 5.41) is 0.628. The maximum atomic E-state index is 5.89. The number of fused-ring (bicyclic) bond motifs is 2. The lowest BCUT2D eigenvalue weighted by atomic mass is 10.2. The molecule has 3 rings (SSSR count). The van der Waals surface area contributed by atoms with Gasteiger partial charge in [0.2, 0.25) is 0 Å². The molecule has 16 heavy (non-hydrogen) atoms. The Morgan fingerprint density at radius 2 is 1.44 bits per heavy atom. The molecular weight excluding hydrogens is 291 g/mol. The lowest BCUT2D eigenvalue weighted by Crippen LogP contribution is -1.98. The second-order valence-corrected chi connectivity index (χ2v) is 4.74. The van der Waals surface area contributed by atoms with Crippen LogP contribution in [-0.2, 0) is 0 Å². The molecule has 1 aliphatic heterocycles. The minimum Gasteiger partial charge on any atom is -0.449 e. The summed E-state index contributed by atoms with van der Waals surface area (Å²) < 4.78 is 12.3. The zero-order valence-corrected chi connectivity index (χ0v) is 10.4. The minimum absolute atomic E-state index is 0.628. The zero-order valence-electron chi connectivity index (χ0n) is 8.04. The number of hydrogen-bond acceptors (Lipinski definition) is 2. The van der Waals surface area contributed by atoms with E-state index < -0.39 is 0 Å². The third kappa shape index (κ3) is 1.66. The molecule has 2 aromatic rings. The standard InChI is InChI=1S/C12H6BrClO2/c13-7-1-3-9-11(5-7)15-10-4-2-8(14)6-12(10)16-9/h1-6H. The largest absolute Gasteiger partial charge is 0.449 e. The summed E-state index contributed by atoms with van der Waals surface area (Å²) in [6, 6.07) is 10.9. The molecule has 0 radical (unpaired) electrons. The van der Waals surface area contributed by atoms with Crippen molar-refractivity contribution in [3.8, 4) is 23.0 Å². The fourth-order valence-electron chi connectivity index (χ4n) is 1.53. The summed E-state index contributed by atoms with van der Waals surface area (Å²) in [6.07, 6.45) is 0. The molecule has 4 heteroatoms. The van der Waals surface area contributed by atoms with Crippen LogP contribution in [0.3, 0.4) is 0 Å². The van der Waals surface area contributed by atoms with E-state index in [2.05, 4.69) is 15.9 Å². The predicted molar refractivity (Wildman–Crippen MR) is 65.7 cm³/mol. The van der Waals surface area contributed by atoms with Crippen LogP contribution in [0.25, 0.3) is 0 Å². The van der Waals surface area contributed by atoms with Gasteiger partial charge in [0.25, 0.3) is 0 Å². The van der Waals surface area contributed by atoms with Crippen molar-refractivity contribution in [3.05, 3.63) is 45.9 Å². The second-order valence-electron chi connectivity index (χ2n) is 3.39. The van der Waals surface area contributed by atoms with Crippen LogP contribution in [0.2, 0.25) is 5.02 Å². The molecule has 0 spiro atoms. The van der Waals surface area contributed by atoms with Gasteiger partial charge in [0.15, 0.2) is 23.0 Å². The van der Waals surface area contributed by atoms with Crippen molar-refractivity contribution in [2.45, 2.75) is 0 Å². The Bertz CT molecular complexity index is 517. The SMILES string of the molecule is Clc1ccc2c(c1)Oc1ccc(Br)cc1O2. The summed E-state index contributed by atoms with van der Waals surface area (Å²) in [4.78, 5) is 0. The molecule has 0 N–H and O–H groups in total. The number of hydrogen-bond donors (Lipinski definition) is 0. The van der Waals surface area contributed by atoms with Gasteiger partial charge in [-0.25, -0.2) is 0 Å². The predicted octanol–water partition coefficient (Wildman–Crippen LogP) is 5.00. The van der Waals surface area contributed by atoms with Gasteiger partial charge in [0, 0.05) is 15.6 Å². The molecule has 0 amide bonds. The Morgan fingerprint density at radius 3 is 2.19 bits per heavy atom. The first-order valence-electron chi connectivity index (χ1n) is 4.67. The molecule has 0 saturated heterocycles. The molecular formula is C12H6BrClO2. The van der Waals surface area contributed by atoms with Gasteiger partial charge in [-0.15, -0.1) is 0 Å². The van der Waals surface area contributed by atoms with Crippen LogP contribution >= 0.6 is 27.5 Å². The van der Waals surface area contributed by atoms with Gasteiger partial charge in [0.1, 0.15) is 0 Å². The van der Waals surface area contributed by atoms with Crippen molar-refractivity contribution in [2.75, 3.05) is 0 Å². The average Bonchev–Trinajstić information content (AvgIpc) is 2.26. The van der Waals surface area contributed by atoms with Gasteiger partial charge in [-0.1, -0.05) is 27.5 Å². The van der Waals surface area contributed by atoms with E-state index in [-0.39, 0.29) is 0 Å². The fraction of sp³-hybridized carbons (Fsp3) is 0. The van der Waals surface area contributed by atoms with Crippen LogP contribution in [0.1, 0.15) is 0 Å². The minimum atomic E-state index is 0.628. The molecule has 2 aromatic carbocycles. The lowest BCUT2D eigenvalue weighted by molar-refractivity contribution is 0.359. The highest BCUT2D eigenvalue weighted by Gasteiger charge is 2.18. The van der Waals surface area contributed by atoms with Crippen LogP contribution in [-0.4, -0.2) is 0 Å². The van der Waals surface area contributed by atoms with E-state index in [1.165, 1.54) is 0 Å². The van der Waals surface area contributed by atoms with Crippen molar-refractivity contribution in [3.63, 3.8) is 0 Å². The van der Waals surface area contributed by atoms with E-state index in [9.17, 15) is 0 Å². The van der Waals surface area contributed by atoms with Gasteiger partial charge in [0.05, 0.1) is 0 Å². The first kappa shape index (κ1) is 10.00. The monoisotopic (exact) mass is 296 g/mol. The molecule has 1 heterocycles. The maximum absolute atomic E-state index is 5.89. The fourth-order valence-corrected chi connectivity index (χ4v) is 2.03. The van der Waals surface area contributed by atoms with Crippen LogP contribution in [0.4, 0.5) is 0 Å². The Hall–Kier alpha value is -1.19. The van der Waals surface area contributed by atoms with Gasteiger partial charge in [-0.05, 0) is 30.3 Å². The van der Waals surface area contributed by atoms with Crippen molar-refractivity contribution in [1.82, 2.24) is 0 Å². The Labute approximate surface area is 106 Å². The van der Waals surface area contributed by atoms with Crippen molar-refractivity contribution in [1.29, 1.82) is 0 Å². The third-order valence-corrected chi connectivity index (χ3v) is 2.98. The molecule has 0 aliphatic carbocycles. The second kappa shape index (κ2) is 3.68. The van der Waals surface area contributed by atoms with Crippen molar-refractivity contribution < 1.29 is 9.47 Å². The Balaban J connectivity index is 2.09. The van der Waals surface area contributed by atoms with E-state index in [1.807, 2.05) is 18.2 Å². The number of halogens is 2. The van der Waals surface area contributed by atoms with Crippen molar-refractivity contribution in [2.24, 2.45) is 0 Å². The number of rotatable bonds is 0. The summed E-state index contributed by atoms with van der Waals surface area (Å²) in [5.74, 6) is 2.71. The summed E-state index contributed by atoms with van der Waals surface area (Å²) >= 11 is 9.27. The number of benzene rings is 2. The van der Waals surface area contributed by atoms with E-state index in [0.717, 1.165) is 4.47 Å². The molecule has 2 nitrogen and oxygen atoms in total. The first-order valence-corrected chi connectivity index (χ1v) is 5.84. The molecule has 0 bridgehead atoms. The average molecular weight is 298 g/mol. The molecule has 1 aliphatic rings. The smallest absolute Gasteiger partial charge is 0.171 e. The molecule has 0 saturated carbocycles. The Morgan fingerprint density at radius 1 is 0.812 bits per heavy atom. The molecule has 0 aromatic heterocycles. The van der Waals surface area contributed by atoms with Crippen LogP contribution in [0, 0.1) is 0 Å². The van der Waals surface area contributed by atoms with Crippen LogP contribution in [0.5, 0.6) is 23.0 Å². The molecule has 0 fully saturated rings. The summed E-state index contributed by atoms with van der Waals surface area (Å²) in [6.45, 7) is 0. The van der Waals surface area contributed by atoms with E-state index >= 15 is 0 Å². The Kier molecular flexibility index (Phi) is 2.30. The molecule has 0 unspecified atom stereocenters. The molecule has 80 valence electrons. The summed E-state index contributed by atoms with van der Waals surface area (Å²) in [7, 11) is 0.